The van der Waals surface area contributed by atoms with Gasteiger partial charge in [0.1, 0.15) is 0 Å². The van der Waals surface area contributed by atoms with Crippen LogP contribution in [0.4, 0.5) is 0 Å². The fourth-order valence-electron chi connectivity index (χ4n) is 1.75. The monoisotopic (exact) mass is 245 g/mol. The van der Waals surface area contributed by atoms with Crippen LogP contribution in [0.2, 0.25) is 0 Å². The van der Waals surface area contributed by atoms with Crippen molar-refractivity contribution in [3.8, 4) is 11.5 Å². The Labute approximate surface area is 107 Å². The Morgan fingerprint density at radius 3 is 2.72 bits per heavy atom. The van der Waals surface area contributed by atoms with Crippen molar-refractivity contribution in [2.24, 2.45) is 11.1 Å². The molecule has 0 unspecified atom stereocenters. The predicted octanol–water partition coefficient (Wildman–Crippen LogP) is 2.78. The van der Waals surface area contributed by atoms with Gasteiger partial charge in [0, 0.05) is 18.5 Å². The lowest BCUT2D eigenvalue weighted by Gasteiger charge is -2.14. The zero-order valence-electron chi connectivity index (χ0n) is 11.1. The van der Waals surface area contributed by atoms with Gasteiger partial charge in [0.25, 0.3) is 5.89 Å². The summed E-state index contributed by atoms with van der Waals surface area (Å²) in [6.45, 7) is 6.96. The molecule has 2 rings (SSSR count). The number of aromatic nitrogens is 2. The lowest BCUT2D eigenvalue weighted by molar-refractivity contribution is 0.374. The molecule has 2 aromatic rings. The average molecular weight is 245 g/mol. The average Bonchev–Trinajstić information content (AvgIpc) is 2.75. The van der Waals surface area contributed by atoms with Crippen LogP contribution in [0.15, 0.2) is 28.8 Å². The van der Waals surface area contributed by atoms with E-state index in [1.807, 2.05) is 24.3 Å². The molecular weight excluding hydrogens is 226 g/mol. The highest BCUT2D eigenvalue weighted by Crippen LogP contribution is 2.22. The summed E-state index contributed by atoms with van der Waals surface area (Å²) in [5.41, 5.74) is 7.75. The van der Waals surface area contributed by atoms with E-state index >= 15 is 0 Å². The Hall–Kier alpha value is -1.68. The highest BCUT2D eigenvalue weighted by Gasteiger charge is 2.16. The maximum absolute atomic E-state index is 5.62. The Kier molecular flexibility index (Phi) is 3.48. The van der Waals surface area contributed by atoms with Gasteiger partial charge >= 0.3 is 0 Å². The molecule has 2 N–H and O–H groups in total. The van der Waals surface area contributed by atoms with E-state index < -0.39 is 0 Å². The van der Waals surface area contributed by atoms with E-state index in [-0.39, 0.29) is 5.41 Å². The normalized spacial score (nSPS) is 11.8. The Balaban J connectivity index is 2.23. The van der Waals surface area contributed by atoms with Crippen molar-refractivity contribution in [2.75, 3.05) is 0 Å². The van der Waals surface area contributed by atoms with E-state index in [0.29, 0.717) is 12.4 Å². The van der Waals surface area contributed by atoms with Crippen LogP contribution in [0.25, 0.3) is 11.5 Å². The van der Waals surface area contributed by atoms with Crippen molar-refractivity contribution < 1.29 is 4.52 Å². The van der Waals surface area contributed by atoms with Crippen LogP contribution in [0.5, 0.6) is 0 Å². The summed E-state index contributed by atoms with van der Waals surface area (Å²) in [5, 5.41) is 4.02. The summed E-state index contributed by atoms with van der Waals surface area (Å²) < 4.78 is 5.29. The molecule has 0 saturated heterocycles. The molecule has 96 valence electrons. The number of nitrogens with zero attached hydrogens (tertiary/aromatic N) is 2. The van der Waals surface area contributed by atoms with Crippen LogP contribution >= 0.6 is 0 Å². The summed E-state index contributed by atoms with van der Waals surface area (Å²) in [7, 11) is 0. The quantitative estimate of drug-likeness (QED) is 0.903. The minimum Gasteiger partial charge on any atom is -0.334 e. The predicted molar refractivity (Wildman–Crippen MR) is 70.8 cm³/mol. The number of hydrogen-bond donors (Lipinski definition) is 1. The molecular formula is C14H19N3O. The maximum Gasteiger partial charge on any atom is 0.257 e. The molecule has 1 heterocycles. The largest absolute Gasteiger partial charge is 0.334 e. The SMILES string of the molecule is CC(C)(C)Cc1noc(-c2cccc(CN)c2)n1. The van der Waals surface area contributed by atoms with Gasteiger partial charge in [-0.25, -0.2) is 0 Å². The fourth-order valence-corrected chi connectivity index (χ4v) is 1.75. The molecule has 18 heavy (non-hydrogen) atoms. The van der Waals surface area contributed by atoms with Gasteiger partial charge < -0.3 is 10.3 Å². The second-order valence-electron chi connectivity index (χ2n) is 5.66. The molecule has 0 atom stereocenters. The highest BCUT2D eigenvalue weighted by molar-refractivity contribution is 5.53. The number of benzene rings is 1. The Bertz CT molecular complexity index is 526. The third kappa shape index (κ3) is 3.17. The first-order valence-corrected chi connectivity index (χ1v) is 6.10. The zero-order valence-corrected chi connectivity index (χ0v) is 11.1. The van der Waals surface area contributed by atoms with Crippen molar-refractivity contribution in [1.29, 1.82) is 0 Å². The molecule has 4 nitrogen and oxygen atoms in total. The molecule has 4 heteroatoms. The molecule has 0 bridgehead atoms. The molecule has 0 fully saturated rings. The van der Waals surface area contributed by atoms with Crippen LogP contribution in [0.1, 0.15) is 32.2 Å². The fraction of sp³-hybridized carbons (Fsp3) is 0.429. The van der Waals surface area contributed by atoms with Gasteiger partial charge in [-0.2, -0.15) is 4.98 Å². The summed E-state index contributed by atoms with van der Waals surface area (Å²) >= 11 is 0. The number of nitrogens with two attached hydrogens (primary N) is 1. The van der Waals surface area contributed by atoms with Crippen LogP contribution in [-0.2, 0) is 13.0 Å². The van der Waals surface area contributed by atoms with E-state index in [9.17, 15) is 0 Å². The van der Waals surface area contributed by atoms with Crippen LogP contribution in [-0.4, -0.2) is 10.1 Å². The Morgan fingerprint density at radius 2 is 2.06 bits per heavy atom. The Morgan fingerprint density at radius 1 is 1.28 bits per heavy atom. The first-order chi connectivity index (χ1) is 8.48. The van der Waals surface area contributed by atoms with Crippen molar-refractivity contribution in [3.63, 3.8) is 0 Å². The topological polar surface area (TPSA) is 64.9 Å². The maximum atomic E-state index is 5.62. The van der Waals surface area contributed by atoms with E-state index in [4.69, 9.17) is 10.3 Å². The molecule has 0 saturated carbocycles. The van der Waals surface area contributed by atoms with Gasteiger partial charge in [0.2, 0.25) is 0 Å². The van der Waals surface area contributed by atoms with E-state index in [1.165, 1.54) is 0 Å². The highest BCUT2D eigenvalue weighted by atomic mass is 16.5. The van der Waals surface area contributed by atoms with Crippen molar-refractivity contribution in [2.45, 2.75) is 33.7 Å². The lowest BCUT2D eigenvalue weighted by atomic mass is 9.92. The van der Waals surface area contributed by atoms with Crippen molar-refractivity contribution in [3.05, 3.63) is 35.7 Å². The summed E-state index contributed by atoms with van der Waals surface area (Å²) in [4.78, 5) is 4.42. The second-order valence-corrected chi connectivity index (χ2v) is 5.66. The smallest absolute Gasteiger partial charge is 0.257 e. The van der Waals surface area contributed by atoms with Crippen LogP contribution in [0.3, 0.4) is 0 Å². The van der Waals surface area contributed by atoms with Crippen LogP contribution < -0.4 is 5.73 Å². The molecule has 0 amide bonds. The second kappa shape index (κ2) is 4.90. The van der Waals surface area contributed by atoms with Gasteiger partial charge in [-0.3, -0.25) is 0 Å². The first kappa shape index (κ1) is 12.8. The van der Waals surface area contributed by atoms with Gasteiger partial charge in [0.15, 0.2) is 5.82 Å². The molecule has 1 aromatic carbocycles. The van der Waals surface area contributed by atoms with E-state index in [0.717, 1.165) is 23.4 Å². The molecule has 0 aliphatic rings. The summed E-state index contributed by atoms with van der Waals surface area (Å²) in [6.07, 6.45) is 0.799. The third-order valence-corrected chi connectivity index (χ3v) is 2.57. The lowest BCUT2D eigenvalue weighted by Crippen LogP contribution is -2.10. The van der Waals surface area contributed by atoms with Gasteiger partial charge in [-0.15, -0.1) is 0 Å². The summed E-state index contributed by atoms with van der Waals surface area (Å²) in [6, 6.07) is 7.86. The van der Waals surface area contributed by atoms with E-state index in [2.05, 4.69) is 30.9 Å². The molecule has 1 aromatic heterocycles. The standard InChI is InChI=1S/C14H19N3O/c1-14(2,3)8-12-16-13(18-17-12)11-6-4-5-10(7-11)9-15/h4-7H,8-9,15H2,1-3H3. The van der Waals surface area contributed by atoms with Crippen molar-refractivity contribution >= 4 is 0 Å². The number of hydrogen-bond acceptors (Lipinski definition) is 4. The number of rotatable bonds is 3. The molecule has 0 aliphatic carbocycles. The minimum atomic E-state index is 0.153. The first-order valence-electron chi connectivity index (χ1n) is 6.10. The van der Waals surface area contributed by atoms with Gasteiger partial charge in [-0.1, -0.05) is 38.1 Å². The van der Waals surface area contributed by atoms with E-state index in [1.54, 1.807) is 0 Å². The van der Waals surface area contributed by atoms with Crippen molar-refractivity contribution in [1.82, 2.24) is 10.1 Å². The minimum absolute atomic E-state index is 0.153. The molecule has 0 aliphatic heterocycles. The molecule has 0 spiro atoms. The van der Waals surface area contributed by atoms with Gasteiger partial charge in [0.05, 0.1) is 0 Å². The van der Waals surface area contributed by atoms with Gasteiger partial charge in [-0.05, 0) is 23.1 Å². The van der Waals surface area contributed by atoms with Crippen LogP contribution in [0, 0.1) is 5.41 Å². The summed E-state index contributed by atoms with van der Waals surface area (Å²) in [5.74, 6) is 1.31. The third-order valence-electron chi connectivity index (χ3n) is 2.57. The zero-order chi connectivity index (χ0) is 13.2. The molecule has 0 radical (unpaired) electrons.